The monoisotopic (exact) mass is 394 g/mol. The highest BCUT2D eigenvalue weighted by molar-refractivity contribution is 5.79. The molecule has 0 radical (unpaired) electrons. The number of aryl methyl sites for hydroxylation is 1. The normalized spacial score (nSPS) is 14.3. The van der Waals surface area contributed by atoms with Crippen molar-refractivity contribution in [1.82, 2.24) is 24.4 Å². The lowest BCUT2D eigenvalue weighted by molar-refractivity contribution is -0.130. The van der Waals surface area contributed by atoms with Crippen molar-refractivity contribution in [2.45, 2.75) is 20.3 Å². The Morgan fingerprint density at radius 1 is 1.03 bits per heavy atom. The SMILES string of the molecule is Cc1ncn(-c2cc(N3CCN(C(=O)Cc4ccccc4F)CC3)ncn2)c1C. The molecule has 1 aromatic carbocycles. The standard InChI is InChI=1S/C21H23FN6O/c1-15-16(2)28(14-25-15)20-12-19(23-13-24-20)26-7-9-27(10-8-26)21(29)11-17-5-3-4-6-18(17)22/h3-6,12-14H,7-11H2,1-2H3. The Morgan fingerprint density at radius 2 is 1.76 bits per heavy atom. The van der Waals surface area contributed by atoms with Crippen LogP contribution in [0.3, 0.4) is 0 Å². The number of halogens is 1. The molecule has 0 saturated carbocycles. The van der Waals surface area contributed by atoms with E-state index in [0.29, 0.717) is 31.7 Å². The predicted molar refractivity (Wildman–Crippen MR) is 108 cm³/mol. The van der Waals surface area contributed by atoms with Crippen molar-refractivity contribution in [1.29, 1.82) is 0 Å². The zero-order chi connectivity index (χ0) is 20.4. The van der Waals surface area contributed by atoms with Gasteiger partial charge in [-0.15, -0.1) is 0 Å². The Hall–Kier alpha value is -3.29. The number of carbonyl (C=O) groups is 1. The van der Waals surface area contributed by atoms with E-state index >= 15 is 0 Å². The third-order valence-corrected chi connectivity index (χ3v) is 5.39. The van der Waals surface area contributed by atoms with Crippen LogP contribution in [0.25, 0.3) is 5.82 Å². The quantitative estimate of drug-likeness (QED) is 0.679. The molecular weight excluding hydrogens is 371 g/mol. The zero-order valence-electron chi connectivity index (χ0n) is 16.5. The number of rotatable bonds is 4. The minimum atomic E-state index is -0.335. The minimum absolute atomic E-state index is 0.0531. The van der Waals surface area contributed by atoms with E-state index in [9.17, 15) is 9.18 Å². The molecule has 0 aliphatic carbocycles. The summed E-state index contributed by atoms with van der Waals surface area (Å²) in [5.74, 6) is 1.20. The lowest BCUT2D eigenvalue weighted by Gasteiger charge is -2.35. The molecule has 0 atom stereocenters. The van der Waals surface area contributed by atoms with Crippen molar-refractivity contribution in [3.8, 4) is 5.82 Å². The summed E-state index contributed by atoms with van der Waals surface area (Å²) in [6.07, 6.45) is 3.40. The van der Waals surface area contributed by atoms with Gasteiger partial charge in [-0.3, -0.25) is 9.36 Å². The zero-order valence-corrected chi connectivity index (χ0v) is 16.5. The second-order valence-electron chi connectivity index (χ2n) is 7.16. The van der Waals surface area contributed by atoms with Crippen LogP contribution in [0.15, 0.2) is 43.0 Å². The number of anilines is 1. The third kappa shape index (κ3) is 3.96. The number of benzene rings is 1. The number of hydrogen-bond donors (Lipinski definition) is 0. The molecule has 0 unspecified atom stereocenters. The van der Waals surface area contributed by atoms with Gasteiger partial charge in [0.2, 0.25) is 5.91 Å². The lowest BCUT2D eigenvalue weighted by atomic mass is 10.1. The molecule has 0 bridgehead atoms. The van der Waals surface area contributed by atoms with Gasteiger partial charge < -0.3 is 9.80 Å². The van der Waals surface area contributed by atoms with Gasteiger partial charge in [0.15, 0.2) is 0 Å². The molecule has 1 amide bonds. The van der Waals surface area contributed by atoms with E-state index < -0.39 is 0 Å². The maximum Gasteiger partial charge on any atom is 0.227 e. The molecular formula is C21H23FN6O. The second-order valence-corrected chi connectivity index (χ2v) is 7.16. The van der Waals surface area contributed by atoms with Gasteiger partial charge in [0.1, 0.15) is 30.1 Å². The highest BCUT2D eigenvalue weighted by Crippen LogP contribution is 2.18. The van der Waals surface area contributed by atoms with E-state index in [2.05, 4.69) is 19.9 Å². The first kappa shape index (κ1) is 19.0. The molecule has 7 nitrogen and oxygen atoms in total. The molecule has 29 heavy (non-hydrogen) atoms. The van der Waals surface area contributed by atoms with Gasteiger partial charge in [-0.05, 0) is 25.5 Å². The summed E-state index contributed by atoms with van der Waals surface area (Å²) >= 11 is 0. The molecule has 0 N–H and O–H groups in total. The Kier molecular flexibility index (Phi) is 5.24. The molecule has 150 valence electrons. The van der Waals surface area contributed by atoms with E-state index in [1.165, 1.54) is 6.07 Å². The molecule has 3 aromatic rings. The van der Waals surface area contributed by atoms with Gasteiger partial charge in [0.25, 0.3) is 0 Å². The van der Waals surface area contributed by atoms with E-state index in [4.69, 9.17) is 0 Å². The minimum Gasteiger partial charge on any atom is -0.353 e. The van der Waals surface area contributed by atoms with Gasteiger partial charge in [-0.2, -0.15) is 0 Å². The molecule has 1 saturated heterocycles. The average Bonchev–Trinajstić information content (AvgIpc) is 3.08. The number of hydrogen-bond acceptors (Lipinski definition) is 5. The maximum absolute atomic E-state index is 13.8. The summed E-state index contributed by atoms with van der Waals surface area (Å²) in [5, 5.41) is 0. The van der Waals surface area contributed by atoms with E-state index in [1.54, 1.807) is 35.8 Å². The maximum atomic E-state index is 13.8. The summed E-state index contributed by atoms with van der Waals surface area (Å²) in [4.78, 5) is 29.6. The van der Waals surface area contributed by atoms with Gasteiger partial charge >= 0.3 is 0 Å². The molecule has 4 rings (SSSR count). The molecule has 8 heteroatoms. The van der Waals surface area contributed by atoms with Crippen molar-refractivity contribution >= 4 is 11.7 Å². The number of carbonyl (C=O) groups excluding carboxylic acids is 1. The summed E-state index contributed by atoms with van der Waals surface area (Å²) in [5.41, 5.74) is 2.44. The predicted octanol–water partition coefficient (Wildman–Crippen LogP) is 2.31. The molecule has 1 aliphatic rings. The number of amides is 1. The first-order valence-electron chi connectivity index (χ1n) is 9.62. The highest BCUT2D eigenvalue weighted by atomic mass is 19.1. The molecule has 3 heterocycles. The van der Waals surface area contributed by atoms with Gasteiger partial charge in [-0.1, -0.05) is 18.2 Å². The van der Waals surface area contributed by atoms with Crippen molar-refractivity contribution in [2.24, 2.45) is 0 Å². The summed E-state index contributed by atoms with van der Waals surface area (Å²) in [6, 6.07) is 8.36. The second kappa shape index (κ2) is 7.98. The molecule has 1 aliphatic heterocycles. The van der Waals surface area contributed by atoms with Crippen molar-refractivity contribution < 1.29 is 9.18 Å². The Bertz CT molecular complexity index is 1030. The van der Waals surface area contributed by atoms with Gasteiger partial charge in [0, 0.05) is 37.9 Å². The number of piperazine rings is 1. The van der Waals surface area contributed by atoms with Crippen LogP contribution in [-0.4, -0.2) is 56.5 Å². The van der Waals surface area contributed by atoms with E-state index in [1.807, 2.05) is 24.5 Å². The van der Waals surface area contributed by atoms with Crippen molar-refractivity contribution in [3.63, 3.8) is 0 Å². The van der Waals surface area contributed by atoms with Crippen LogP contribution >= 0.6 is 0 Å². The topological polar surface area (TPSA) is 67.2 Å². The Balaban J connectivity index is 1.41. The first-order chi connectivity index (χ1) is 14.0. The van der Waals surface area contributed by atoms with Crippen LogP contribution in [0.2, 0.25) is 0 Å². The van der Waals surface area contributed by atoms with Crippen LogP contribution in [0.4, 0.5) is 10.2 Å². The van der Waals surface area contributed by atoms with E-state index in [0.717, 1.165) is 23.0 Å². The van der Waals surface area contributed by atoms with Crippen LogP contribution in [0.5, 0.6) is 0 Å². The fourth-order valence-electron chi connectivity index (χ4n) is 3.47. The van der Waals surface area contributed by atoms with Gasteiger partial charge in [-0.25, -0.2) is 19.3 Å². The van der Waals surface area contributed by atoms with Crippen molar-refractivity contribution in [3.05, 3.63) is 65.8 Å². The highest BCUT2D eigenvalue weighted by Gasteiger charge is 2.23. The van der Waals surface area contributed by atoms with Crippen LogP contribution in [0, 0.1) is 19.7 Å². The number of aromatic nitrogens is 4. The van der Waals surface area contributed by atoms with Crippen LogP contribution in [-0.2, 0) is 11.2 Å². The average molecular weight is 394 g/mol. The molecule has 0 spiro atoms. The summed E-state index contributed by atoms with van der Waals surface area (Å²) in [6.45, 7) is 6.46. The first-order valence-corrected chi connectivity index (χ1v) is 9.62. The summed E-state index contributed by atoms with van der Waals surface area (Å²) in [7, 11) is 0. The lowest BCUT2D eigenvalue weighted by Crippen LogP contribution is -2.49. The fourth-order valence-corrected chi connectivity index (χ4v) is 3.47. The Morgan fingerprint density at radius 3 is 2.45 bits per heavy atom. The van der Waals surface area contributed by atoms with Gasteiger partial charge in [0.05, 0.1) is 12.1 Å². The number of imidazole rings is 1. The van der Waals surface area contributed by atoms with Crippen LogP contribution in [0.1, 0.15) is 17.0 Å². The largest absolute Gasteiger partial charge is 0.353 e. The smallest absolute Gasteiger partial charge is 0.227 e. The number of nitrogens with zero attached hydrogens (tertiary/aromatic N) is 6. The van der Waals surface area contributed by atoms with Crippen LogP contribution < -0.4 is 4.90 Å². The molecule has 1 fully saturated rings. The molecule has 2 aromatic heterocycles. The fraction of sp³-hybridized carbons (Fsp3) is 0.333. The van der Waals surface area contributed by atoms with E-state index in [-0.39, 0.29) is 18.1 Å². The Labute approximate surface area is 168 Å². The third-order valence-electron chi connectivity index (χ3n) is 5.39. The summed E-state index contributed by atoms with van der Waals surface area (Å²) < 4.78 is 15.7. The van der Waals surface area contributed by atoms with Crippen molar-refractivity contribution in [2.75, 3.05) is 31.1 Å².